The predicted octanol–water partition coefficient (Wildman–Crippen LogP) is 2.15. The molecule has 2 atom stereocenters. The summed E-state index contributed by atoms with van der Waals surface area (Å²) in [6, 6.07) is 9.51. The van der Waals surface area contributed by atoms with Gasteiger partial charge in [-0.05, 0) is 18.9 Å². The monoisotopic (exact) mass is 335 g/mol. The van der Waals surface area contributed by atoms with E-state index in [4.69, 9.17) is 4.52 Å². The number of carbonyl (C=O) groups is 1. The molecule has 2 aromatic rings. The van der Waals surface area contributed by atoms with Crippen molar-refractivity contribution in [3.8, 4) is 0 Å². The van der Waals surface area contributed by atoms with E-state index in [0.717, 1.165) is 12.0 Å². The maximum atomic E-state index is 12.0. The standard InChI is InChI=1S/C16H21N3O3S/c1-3-7-16-18-14(19-22-16)10-23(21)11-15(20)17-12(2)13-8-5-4-6-9-13/h4-6,8-9,12H,3,7,10-11H2,1-2H3,(H,17,20)/t12-,23+/m0/s1. The number of carbonyl (C=O) groups excluding carboxylic acids is 1. The van der Waals surface area contributed by atoms with Gasteiger partial charge in [0.2, 0.25) is 11.8 Å². The number of amides is 1. The number of hydrogen-bond donors (Lipinski definition) is 1. The van der Waals surface area contributed by atoms with Crippen molar-refractivity contribution in [3.63, 3.8) is 0 Å². The first-order valence-electron chi connectivity index (χ1n) is 7.59. The molecule has 1 heterocycles. The molecule has 0 aliphatic heterocycles. The van der Waals surface area contributed by atoms with E-state index in [-0.39, 0.29) is 23.5 Å². The molecule has 0 spiro atoms. The number of aryl methyl sites for hydroxylation is 1. The fourth-order valence-electron chi connectivity index (χ4n) is 2.11. The second-order valence-electron chi connectivity index (χ2n) is 5.28. The van der Waals surface area contributed by atoms with Gasteiger partial charge in [-0.25, -0.2) is 0 Å². The van der Waals surface area contributed by atoms with Crippen LogP contribution in [0.4, 0.5) is 0 Å². The predicted molar refractivity (Wildman–Crippen MR) is 88.0 cm³/mol. The van der Waals surface area contributed by atoms with E-state index in [2.05, 4.69) is 15.5 Å². The van der Waals surface area contributed by atoms with Crippen molar-refractivity contribution in [1.82, 2.24) is 15.5 Å². The summed E-state index contributed by atoms with van der Waals surface area (Å²) in [4.78, 5) is 16.1. The third kappa shape index (κ3) is 5.59. The third-order valence-electron chi connectivity index (χ3n) is 3.23. The zero-order valence-electron chi connectivity index (χ0n) is 13.3. The first-order valence-corrected chi connectivity index (χ1v) is 9.08. The van der Waals surface area contributed by atoms with E-state index in [1.54, 1.807) is 0 Å². The van der Waals surface area contributed by atoms with Gasteiger partial charge in [0.1, 0.15) is 5.75 Å². The van der Waals surface area contributed by atoms with E-state index >= 15 is 0 Å². The molecule has 1 amide bonds. The third-order valence-corrected chi connectivity index (χ3v) is 4.40. The fourth-order valence-corrected chi connectivity index (χ4v) is 3.00. The van der Waals surface area contributed by atoms with Crippen LogP contribution in [-0.2, 0) is 27.8 Å². The van der Waals surface area contributed by atoms with Gasteiger partial charge in [-0.1, -0.05) is 42.4 Å². The number of rotatable bonds is 8. The van der Waals surface area contributed by atoms with Gasteiger partial charge in [0, 0.05) is 17.2 Å². The van der Waals surface area contributed by atoms with Crippen LogP contribution in [0.2, 0.25) is 0 Å². The topological polar surface area (TPSA) is 85.1 Å². The average Bonchev–Trinajstić information content (AvgIpc) is 2.95. The fraction of sp³-hybridized carbons (Fsp3) is 0.438. The highest BCUT2D eigenvalue weighted by atomic mass is 32.2. The maximum Gasteiger partial charge on any atom is 0.233 e. The lowest BCUT2D eigenvalue weighted by Crippen LogP contribution is -2.31. The van der Waals surface area contributed by atoms with Crippen LogP contribution in [-0.4, -0.2) is 26.0 Å². The summed E-state index contributed by atoms with van der Waals surface area (Å²) in [5.74, 6) is 0.726. The highest BCUT2D eigenvalue weighted by molar-refractivity contribution is 7.84. The van der Waals surface area contributed by atoms with Crippen LogP contribution in [0.1, 0.15) is 43.6 Å². The van der Waals surface area contributed by atoms with Crippen molar-refractivity contribution in [3.05, 3.63) is 47.6 Å². The van der Waals surface area contributed by atoms with Crippen LogP contribution in [0.5, 0.6) is 0 Å². The maximum absolute atomic E-state index is 12.0. The van der Waals surface area contributed by atoms with Crippen molar-refractivity contribution in [2.24, 2.45) is 0 Å². The van der Waals surface area contributed by atoms with E-state index in [9.17, 15) is 9.00 Å². The molecule has 0 saturated carbocycles. The Balaban J connectivity index is 1.81. The summed E-state index contributed by atoms with van der Waals surface area (Å²) in [6.07, 6.45) is 1.61. The van der Waals surface area contributed by atoms with E-state index in [1.165, 1.54) is 0 Å². The Bertz CT molecular complexity index is 658. The molecule has 124 valence electrons. The molecule has 0 fully saturated rings. The van der Waals surface area contributed by atoms with Crippen LogP contribution in [0.15, 0.2) is 34.9 Å². The van der Waals surface area contributed by atoms with Gasteiger partial charge in [-0.2, -0.15) is 4.98 Å². The number of nitrogens with zero attached hydrogens (tertiary/aromatic N) is 2. The molecular formula is C16H21N3O3S. The van der Waals surface area contributed by atoms with Gasteiger partial charge in [-0.15, -0.1) is 0 Å². The van der Waals surface area contributed by atoms with Gasteiger partial charge in [0.05, 0.1) is 11.8 Å². The average molecular weight is 335 g/mol. The number of aromatic nitrogens is 2. The van der Waals surface area contributed by atoms with Crippen molar-refractivity contribution < 1.29 is 13.5 Å². The van der Waals surface area contributed by atoms with E-state index in [1.807, 2.05) is 44.2 Å². The molecular weight excluding hydrogens is 314 g/mol. The quantitative estimate of drug-likeness (QED) is 0.799. The number of hydrogen-bond acceptors (Lipinski definition) is 5. The molecule has 0 saturated heterocycles. The Morgan fingerprint density at radius 3 is 2.78 bits per heavy atom. The Hall–Kier alpha value is -2.02. The molecule has 7 heteroatoms. The summed E-state index contributed by atoms with van der Waals surface area (Å²) in [5, 5.41) is 6.62. The second-order valence-corrected chi connectivity index (χ2v) is 6.74. The van der Waals surface area contributed by atoms with Crippen molar-refractivity contribution in [2.45, 2.75) is 38.5 Å². The summed E-state index contributed by atoms with van der Waals surface area (Å²) in [6.45, 7) is 3.91. The molecule has 0 unspecified atom stereocenters. The molecule has 6 nitrogen and oxygen atoms in total. The number of benzene rings is 1. The summed E-state index contributed by atoms with van der Waals surface area (Å²) >= 11 is 0. The SMILES string of the molecule is CCCc1nc(C[S@@](=O)CC(=O)N[C@@H](C)c2ccccc2)no1. The van der Waals surface area contributed by atoms with Crippen LogP contribution < -0.4 is 5.32 Å². The zero-order chi connectivity index (χ0) is 16.7. The molecule has 23 heavy (non-hydrogen) atoms. The van der Waals surface area contributed by atoms with Gasteiger partial charge < -0.3 is 9.84 Å². The minimum absolute atomic E-state index is 0.0746. The van der Waals surface area contributed by atoms with Crippen molar-refractivity contribution in [1.29, 1.82) is 0 Å². The van der Waals surface area contributed by atoms with Gasteiger partial charge in [-0.3, -0.25) is 9.00 Å². The van der Waals surface area contributed by atoms with Gasteiger partial charge in [0.25, 0.3) is 0 Å². The molecule has 1 aromatic carbocycles. The smallest absolute Gasteiger partial charge is 0.233 e. The lowest BCUT2D eigenvalue weighted by molar-refractivity contribution is -0.119. The molecule has 1 N–H and O–H groups in total. The molecule has 1 aromatic heterocycles. The highest BCUT2D eigenvalue weighted by Gasteiger charge is 2.15. The van der Waals surface area contributed by atoms with Crippen molar-refractivity contribution in [2.75, 3.05) is 5.75 Å². The normalized spacial score (nSPS) is 13.5. The Kier molecular flexibility index (Phi) is 6.46. The summed E-state index contributed by atoms with van der Waals surface area (Å²) in [7, 11) is -1.36. The van der Waals surface area contributed by atoms with E-state index < -0.39 is 10.8 Å². The zero-order valence-corrected chi connectivity index (χ0v) is 14.1. The molecule has 0 aliphatic carbocycles. The van der Waals surface area contributed by atoms with Gasteiger partial charge in [0.15, 0.2) is 5.82 Å². The minimum atomic E-state index is -1.36. The van der Waals surface area contributed by atoms with Crippen LogP contribution in [0.25, 0.3) is 0 Å². The minimum Gasteiger partial charge on any atom is -0.349 e. The first-order chi connectivity index (χ1) is 11.1. The first kappa shape index (κ1) is 17.3. The van der Waals surface area contributed by atoms with Crippen LogP contribution in [0, 0.1) is 0 Å². The molecule has 0 radical (unpaired) electrons. The highest BCUT2D eigenvalue weighted by Crippen LogP contribution is 2.11. The van der Waals surface area contributed by atoms with Crippen LogP contribution in [0.3, 0.4) is 0 Å². The molecule has 2 rings (SSSR count). The van der Waals surface area contributed by atoms with Crippen molar-refractivity contribution >= 4 is 16.7 Å². The lowest BCUT2D eigenvalue weighted by Gasteiger charge is -2.13. The summed E-state index contributed by atoms with van der Waals surface area (Å²) in [5.41, 5.74) is 1.01. The van der Waals surface area contributed by atoms with Crippen LogP contribution >= 0.6 is 0 Å². The molecule has 0 aliphatic rings. The lowest BCUT2D eigenvalue weighted by atomic mass is 10.1. The number of nitrogens with one attached hydrogen (secondary N) is 1. The van der Waals surface area contributed by atoms with E-state index in [0.29, 0.717) is 18.1 Å². The Labute approximate surface area is 138 Å². The largest absolute Gasteiger partial charge is 0.349 e. The van der Waals surface area contributed by atoms with Gasteiger partial charge >= 0.3 is 0 Å². The second kappa shape index (κ2) is 8.57. The Morgan fingerprint density at radius 2 is 2.09 bits per heavy atom. The summed E-state index contributed by atoms with van der Waals surface area (Å²) < 4.78 is 17.1. The Morgan fingerprint density at radius 1 is 1.35 bits per heavy atom. The molecule has 0 bridgehead atoms.